The number of hydrogen-bond acceptors (Lipinski definition) is 2. The molecule has 0 aliphatic heterocycles. The van der Waals surface area contributed by atoms with Gasteiger partial charge in [-0.05, 0) is 19.1 Å². The van der Waals surface area contributed by atoms with Crippen LogP contribution >= 0.6 is 15.9 Å². The molecule has 3 heteroatoms. The Balaban J connectivity index is 2.86. The predicted octanol–water partition coefficient (Wildman–Crippen LogP) is 2.05. The summed E-state index contributed by atoms with van der Waals surface area (Å²) in [6.45, 7) is 1.79. The van der Waals surface area contributed by atoms with Crippen molar-refractivity contribution in [2.24, 2.45) is 0 Å². The van der Waals surface area contributed by atoms with Gasteiger partial charge in [0.1, 0.15) is 5.69 Å². The molecule has 1 aromatic rings. The van der Waals surface area contributed by atoms with Crippen molar-refractivity contribution in [2.45, 2.75) is 11.8 Å². The summed E-state index contributed by atoms with van der Waals surface area (Å²) in [5, 5.41) is 0. The van der Waals surface area contributed by atoms with Crippen molar-refractivity contribution in [2.75, 3.05) is 0 Å². The number of halogens is 1. The molecule has 0 aliphatic rings. The Bertz CT molecular complexity index is 246. The van der Waals surface area contributed by atoms with Crippen LogP contribution in [-0.4, -0.2) is 15.6 Å². The van der Waals surface area contributed by atoms with Gasteiger partial charge in [0.25, 0.3) is 0 Å². The fourth-order valence-corrected chi connectivity index (χ4v) is 0.947. The molecule has 0 fully saturated rings. The molecule has 0 saturated carbocycles. The van der Waals surface area contributed by atoms with Crippen LogP contribution < -0.4 is 0 Å². The molecular formula is C8H8BrNO. The molecule has 58 valence electrons. The molecule has 0 saturated heterocycles. The lowest BCUT2D eigenvalue weighted by molar-refractivity contribution is 0.0991. The lowest BCUT2D eigenvalue weighted by Crippen LogP contribution is -2.11. The molecule has 0 N–H and O–H groups in total. The standard InChI is InChI=1S/C8H8BrNO/c1-6(9)8(11)7-4-2-3-5-10-7/h2-6H,1H3/t6-/m1/s1. The third-order valence-corrected chi connectivity index (χ3v) is 1.69. The fraction of sp³-hybridized carbons (Fsp3) is 0.250. The van der Waals surface area contributed by atoms with E-state index in [1.54, 1.807) is 31.3 Å². The molecular weight excluding hydrogens is 206 g/mol. The number of alkyl halides is 1. The molecule has 1 rings (SSSR count). The number of hydrogen-bond donors (Lipinski definition) is 0. The summed E-state index contributed by atoms with van der Waals surface area (Å²) in [5.74, 6) is 0.0191. The Hall–Kier alpha value is -0.700. The van der Waals surface area contributed by atoms with Gasteiger partial charge in [-0.2, -0.15) is 0 Å². The lowest BCUT2D eigenvalue weighted by Gasteiger charge is -1.99. The Morgan fingerprint density at radius 2 is 2.36 bits per heavy atom. The van der Waals surface area contributed by atoms with Crippen LogP contribution in [-0.2, 0) is 0 Å². The monoisotopic (exact) mass is 213 g/mol. The van der Waals surface area contributed by atoms with Crippen molar-refractivity contribution in [1.82, 2.24) is 4.98 Å². The van der Waals surface area contributed by atoms with Gasteiger partial charge in [0, 0.05) is 6.20 Å². The van der Waals surface area contributed by atoms with Crippen molar-refractivity contribution in [3.63, 3.8) is 0 Å². The highest BCUT2D eigenvalue weighted by molar-refractivity contribution is 9.10. The molecule has 0 bridgehead atoms. The molecule has 0 aromatic carbocycles. The molecule has 0 unspecified atom stereocenters. The molecule has 2 nitrogen and oxygen atoms in total. The second-order valence-corrected chi connectivity index (χ2v) is 3.57. The number of aromatic nitrogens is 1. The highest BCUT2D eigenvalue weighted by Gasteiger charge is 2.11. The van der Waals surface area contributed by atoms with Gasteiger partial charge in [-0.3, -0.25) is 9.78 Å². The van der Waals surface area contributed by atoms with Crippen molar-refractivity contribution < 1.29 is 4.79 Å². The zero-order valence-electron chi connectivity index (χ0n) is 6.12. The first kappa shape index (κ1) is 8.40. The first-order valence-corrected chi connectivity index (χ1v) is 4.22. The largest absolute Gasteiger partial charge is 0.291 e. The predicted molar refractivity (Wildman–Crippen MR) is 47.0 cm³/mol. The lowest BCUT2D eigenvalue weighted by atomic mass is 10.2. The summed E-state index contributed by atoms with van der Waals surface area (Å²) in [6, 6.07) is 5.30. The van der Waals surface area contributed by atoms with Crippen LogP contribution in [0.15, 0.2) is 24.4 Å². The minimum atomic E-state index is -0.155. The maximum absolute atomic E-state index is 11.2. The van der Waals surface area contributed by atoms with Crippen molar-refractivity contribution in [3.8, 4) is 0 Å². The molecule has 11 heavy (non-hydrogen) atoms. The van der Waals surface area contributed by atoms with Crippen LogP contribution in [0.25, 0.3) is 0 Å². The Kier molecular flexibility index (Phi) is 2.76. The molecule has 0 aliphatic carbocycles. The highest BCUT2D eigenvalue weighted by atomic mass is 79.9. The SMILES string of the molecule is C[C@@H](Br)C(=O)c1ccccn1. The third kappa shape index (κ3) is 2.12. The van der Waals surface area contributed by atoms with Gasteiger partial charge in [0.05, 0.1) is 4.83 Å². The summed E-state index contributed by atoms with van der Waals surface area (Å²) in [4.78, 5) is 15.0. The van der Waals surface area contributed by atoms with Crippen LogP contribution in [0.5, 0.6) is 0 Å². The Morgan fingerprint density at radius 3 is 2.82 bits per heavy atom. The van der Waals surface area contributed by atoms with Crippen molar-refractivity contribution >= 4 is 21.7 Å². The maximum atomic E-state index is 11.2. The minimum Gasteiger partial charge on any atom is -0.291 e. The van der Waals surface area contributed by atoms with E-state index in [1.165, 1.54) is 0 Å². The average molecular weight is 214 g/mol. The van der Waals surface area contributed by atoms with E-state index in [-0.39, 0.29) is 10.6 Å². The summed E-state index contributed by atoms with van der Waals surface area (Å²) in [5.41, 5.74) is 0.511. The van der Waals surface area contributed by atoms with Gasteiger partial charge >= 0.3 is 0 Å². The average Bonchev–Trinajstić information content (AvgIpc) is 2.05. The van der Waals surface area contributed by atoms with Gasteiger partial charge < -0.3 is 0 Å². The van der Waals surface area contributed by atoms with E-state index in [2.05, 4.69) is 20.9 Å². The van der Waals surface area contributed by atoms with E-state index < -0.39 is 0 Å². The zero-order valence-corrected chi connectivity index (χ0v) is 7.71. The van der Waals surface area contributed by atoms with Crippen molar-refractivity contribution in [1.29, 1.82) is 0 Å². The van der Waals surface area contributed by atoms with Crippen LogP contribution in [0.3, 0.4) is 0 Å². The van der Waals surface area contributed by atoms with Gasteiger partial charge in [-0.15, -0.1) is 0 Å². The third-order valence-electron chi connectivity index (χ3n) is 1.28. The van der Waals surface area contributed by atoms with E-state index >= 15 is 0 Å². The summed E-state index contributed by atoms with van der Waals surface area (Å²) in [7, 11) is 0. The fourth-order valence-electron chi connectivity index (χ4n) is 0.712. The molecule has 0 radical (unpaired) electrons. The zero-order chi connectivity index (χ0) is 8.27. The van der Waals surface area contributed by atoms with Crippen LogP contribution in [0.2, 0.25) is 0 Å². The van der Waals surface area contributed by atoms with E-state index in [4.69, 9.17) is 0 Å². The van der Waals surface area contributed by atoms with E-state index in [0.29, 0.717) is 5.69 Å². The summed E-state index contributed by atoms with van der Waals surface area (Å²) >= 11 is 3.19. The first-order valence-electron chi connectivity index (χ1n) is 3.31. The first-order chi connectivity index (χ1) is 5.22. The number of pyridine rings is 1. The van der Waals surface area contributed by atoms with Gasteiger partial charge in [0.2, 0.25) is 0 Å². The van der Waals surface area contributed by atoms with Gasteiger partial charge in [-0.25, -0.2) is 0 Å². The topological polar surface area (TPSA) is 30.0 Å². The second-order valence-electron chi connectivity index (χ2n) is 2.20. The van der Waals surface area contributed by atoms with E-state index in [9.17, 15) is 4.79 Å². The molecule has 0 amide bonds. The Labute approximate surface area is 73.8 Å². The number of carbonyl (C=O) groups is 1. The maximum Gasteiger partial charge on any atom is 0.194 e. The number of carbonyl (C=O) groups excluding carboxylic acids is 1. The minimum absolute atomic E-state index is 0.0191. The number of ketones is 1. The normalized spacial score (nSPS) is 12.5. The molecule has 1 heterocycles. The highest BCUT2D eigenvalue weighted by Crippen LogP contribution is 2.06. The molecule has 1 atom stereocenters. The van der Waals surface area contributed by atoms with Crippen molar-refractivity contribution in [3.05, 3.63) is 30.1 Å². The van der Waals surface area contributed by atoms with Gasteiger partial charge in [-0.1, -0.05) is 22.0 Å². The van der Waals surface area contributed by atoms with Crippen LogP contribution in [0.1, 0.15) is 17.4 Å². The number of rotatable bonds is 2. The smallest absolute Gasteiger partial charge is 0.194 e. The second kappa shape index (κ2) is 3.62. The quantitative estimate of drug-likeness (QED) is 0.557. The van der Waals surface area contributed by atoms with Gasteiger partial charge in [0.15, 0.2) is 5.78 Å². The van der Waals surface area contributed by atoms with Crippen LogP contribution in [0, 0.1) is 0 Å². The van der Waals surface area contributed by atoms with Crippen LogP contribution in [0.4, 0.5) is 0 Å². The Morgan fingerprint density at radius 1 is 1.64 bits per heavy atom. The number of Topliss-reactive ketones (excluding diaryl/α,β-unsaturated/α-hetero) is 1. The van der Waals surface area contributed by atoms with E-state index in [0.717, 1.165) is 0 Å². The summed E-state index contributed by atoms with van der Waals surface area (Å²) < 4.78 is 0. The molecule has 0 spiro atoms. The number of nitrogens with zero attached hydrogens (tertiary/aromatic N) is 1. The summed E-state index contributed by atoms with van der Waals surface area (Å²) in [6.07, 6.45) is 1.61. The molecule has 1 aromatic heterocycles. The van der Waals surface area contributed by atoms with E-state index in [1.807, 2.05) is 0 Å².